The van der Waals surface area contributed by atoms with Crippen LogP contribution in [0.3, 0.4) is 0 Å². The number of hydrogen-bond acceptors (Lipinski definition) is 3. The van der Waals surface area contributed by atoms with E-state index in [0.29, 0.717) is 23.2 Å². The van der Waals surface area contributed by atoms with Crippen LogP contribution in [0.2, 0.25) is 0 Å². The summed E-state index contributed by atoms with van der Waals surface area (Å²) in [5, 5.41) is 11.0. The second-order valence-corrected chi connectivity index (χ2v) is 9.23. The number of aliphatic hydroxyl groups excluding tert-OH is 1. The van der Waals surface area contributed by atoms with Crippen LogP contribution in [-0.2, 0) is 9.47 Å². The number of hydrogen-bond donors (Lipinski definition) is 1. The lowest BCUT2D eigenvalue weighted by molar-refractivity contribution is -0.256. The van der Waals surface area contributed by atoms with Crippen molar-refractivity contribution in [1.82, 2.24) is 0 Å². The summed E-state index contributed by atoms with van der Waals surface area (Å²) in [5.41, 5.74) is 1.81. The average molecular weight is 335 g/mol. The first-order chi connectivity index (χ1) is 11.4. The maximum Gasteiger partial charge on any atom is 0.167 e. The van der Waals surface area contributed by atoms with Gasteiger partial charge in [0.25, 0.3) is 0 Å². The monoisotopic (exact) mass is 334 g/mol. The summed E-state index contributed by atoms with van der Waals surface area (Å²) in [6.45, 7) is 6.84. The van der Waals surface area contributed by atoms with Gasteiger partial charge in [0.1, 0.15) is 0 Å². The first-order valence-electron chi connectivity index (χ1n) is 9.91. The van der Waals surface area contributed by atoms with Crippen LogP contribution in [0.1, 0.15) is 58.3 Å². The van der Waals surface area contributed by atoms with E-state index in [9.17, 15) is 5.11 Å². The van der Waals surface area contributed by atoms with Crippen LogP contribution in [0.15, 0.2) is 12.2 Å². The minimum Gasteiger partial charge on any atom is -0.393 e. The standard InChI is InChI=1S/C21H34O3/c1-13-5-6-18-16-11-19(22)17-12-21(23-3,24-4)10-8-15(17)14(16)7-9-20(13,18)2/h14-19,22H,1,5-12H2,2-4H3/t14-,15?,16?,17?,18+,19?,20?/m1/s1. The van der Waals surface area contributed by atoms with E-state index in [4.69, 9.17) is 9.47 Å². The highest BCUT2D eigenvalue weighted by Crippen LogP contribution is 2.64. The van der Waals surface area contributed by atoms with E-state index in [-0.39, 0.29) is 6.10 Å². The molecule has 24 heavy (non-hydrogen) atoms. The van der Waals surface area contributed by atoms with Crippen LogP contribution in [0, 0.1) is 35.0 Å². The molecule has 0 aromatic heterocycles. The Morgan fingerprint density at radius 2 is 1.67 bits per heavy atom. The van der Waals surface area contributed by atoms with E-state index >= 15 is 0 Å². The van der Waals surface area contributed by atoms with E-state index in [2.05, 4.69) is 13.5 Å². The lowest BCUT2D eigenvalue weighted by atomic mass is 9.49. The predicted octanol–water partition coefficient (Wildman–Crippen LogP) is 4.16. The molecule has 3 nitrogen and oxygen atoms in total. The molecule has 0 radical (unpaired) electrons. The molecule has 4 saturated carbocycles. The molecule has 3 heteroatoms. The molecule has 0 amide bonds. The Labute approximate surface area is 146 Å². The molecular weight excluding hydrogens is 300 g/mol. The van der Waals surface area contributed by atoms with Crippen molar-refractivity contribution in [2.24, 2.45) is 35.0 Å². The molecule has 7 atom stereocenters. The van der Waals surface area contributed by atoms with Crippen LogP contribution in [0.5, 0.6) is 0 Å². The summed E-state index contributed by atoms with van der Waals surface area (Å²) in [6, 6.07) is 0. The lowest BCUT2D eigenvalue weighted by Gasteiger charge is -2.58. The maximum absolute atomic E-state index is 11.0. The molecule has 0 spiro atoms. The van der Waals surface area contributed by atoms with Gasteiger partial charge < -0.3 is 14.6 Å². The van der Waals surface area contributed by atoms with Crippen LogP contribution >= 0.6 is 0 Å². The van der Waals surface area contributed by atoms with Crippen LogP contribution < -0.4 is 0 Å². The van der Waals surface area contributed by atoms with Crippen molar-refractivity contribution >= 4 is 0 Å². The molecule has 4 fully saturated rings. The molecule has 0 aliphatic heterocycles. The molecular formula is C21H34O3. The van der Waals surface area contributed by atoms with Crippen molar-refractivity contribution in [2.75, 3.05) is 14.2 Å². The van der Waals surface area contributed by atoms with Crippen molar-refractivity contribution in [3.05, 3.63) is 12.2 Å². The highest BCUT2D eigenvalue weighted by molar-refractivity contribution is 5.21. The first-order valence-corrected chi connectivity index (χ1v) is 9.91. The Bertz CT molecular complexity index is 511. The van der Waals surface area contributed by atoms with Gasteiger partial charge in [-0.25, -0.2) is 0 Å². The second-order valence-electron chi connectivity index (χ2n) is 9.23. The molecule has 4 aliphatic carbocycles. The number of ether oxygens (including phenoxy) is 2. The fourth-order valence-corrected chi connectivity index (χ4v) is 7.17. The van der Waals surface area contributed by atoms with Gasteiger partial charge in [-0.1, -0.05) is 19.1 Å². The van der Waals surface area contributed by atoms with Gasteiger partial charge in [-0.05, 0) is 73.5 Å². The van der Waals surface area contributed by atoms with Gasteiger partial charge in [0, 0.05) is 27.1 Å². The van der Waals surface area contributed by atoms with Gasteiger partial charge in [0.2, 0.25) is 0 Å². The average Bonchev–Trinajstić information content (AvgIpc) is 2.90. The number of fused-ring (bicyclic) bond motifs is 5. The Morgan fingerprint density at radius 3 is 2.38 bits per heavy atom. The molecule has 0 aromatic rings. The molecule has 0 heterocycles. The van der Waals surface area contributed by atoms with Crippen LogP contribution in [-0.4, -0.2) is 31.2 Å². The molecule has 136 valence electrons. The molecule has 0 bridgehead atoms. The van der Waals surface area contributed by atoms with Crippen molar-refractivity contribution in [3.63, 3.8) is 0 Å². The van der Waals surface area contributed by atoms with E-state index in [1.54, 1.807) is 14.2 Å². The van der Waals surface area contributed by atoms with E-state index < -0.39 is 5.79 Å². The highest BCUT2D eigenvalue weighted by atomic mass is 16.7. The van der Waals surface area contributed by atoms with E-state index in [1.165, 1.54) is 31.3 Å². The highest BCUT2D eigenvalue weighted by Gasteiger charge is 2.58. The second kappa shape index (κ2) is 5.82. The zero-order valence-corrected chi connectivity index (χ0v) is 15.6. The van der Waals surface area contributed by atoms with Crippen LogP contribution in [0.25, 0.3) is 0 Å². The van der Waals surface area contributed by atoms with Gasteiger partial charge in [0.05, 0.1) is 6.10 Å². The third-order valence-corrected chi connectivity index (χ3v) is 8.70. The summed E-state index contributed by atoms with van der Waals surface area (Å²) in [4.78, 5) is 0. The molecule has 4 aliphatic rings. The maximum atomic E-state index is 11.0. The fraction of sp³-hybridized carbons (Fsp3) is 0.905. The third kappa shape index (κ3) is 2.27. The Balaban J connectivity index is 1.58. The number of aliphatic hydroxyl groups is 1. The van der Waals surface area contributed by atoms with Gasteiger partial charge in [0.15, 0.2) is 5.79 Å². The smallest absolute Gasteiger partial charge is 0.167 e. The Kier molecular flexibility index (Phi) is 4.14. The zero-order chi connectivity index (χ0) is 17.1. The molecule has 1 N–H and O–H groups in total. The molecule has 5 unspecified atom stereocenters. The minimum absolute atomic E-state index is 0.197. The van der Waals surface area contributed by atoms with Crippen molar-refractivity contribution in [2.45, 2.75) is 70.2 Å². The van der Waals surface area contributed by atoms with E-state index in [1.807, 2.05) is 0 Å². The van der Waals surface area contributed by atoms with Crippen molar-refractivity contribution < 1.29 is 14.6 Å². The Hall–Kier alpha value is -0.380. The quantitative estimate of drug-likeness (QED) is 0.609. The summed E-state index contributed by atoms with van der Waals surface area (Å²) < 4.78 is 11.4. The summed E-state index contributed by atoms with van der Waals surface area (Å²) >= 11 is 0. The van der Waals surface area contributed by atoms with Gasteiger partial charge in [-0.3, -0.25) is 0 Å². The molecule has 0 saturated heterocycles. The summed E-state index contributed by atoms with van der Waals surface area (Å²) in [6.07, 6.45) is 8.84. The van der Waals surface area contributed by atoms with E-state index in [0.717, 1.165) is 37.5 Å². The van der Waals surface area contributed by atoms with Crippen LogP contribution in [0.4, 0.5) is 0 Å². The zero-order valence-electron chi connectivity index (χ0n) is 15.6. The minimum atomic E-state index is -0.472. The van der Waals surface area contributed by atoms with Crippen molar-refractivity contribution in [3.8, 4) is 0 Å². The number of allylic oxidation sites excluding steroid dienone is 1. The van der Waals surface area contributed by atoms with Crippen molar-refractivity contribution in [1.29, 1.82) is 0 Å². The Morgan fingerprint density at radius 1 is 1.00 bits per heavy atom. The van der Waals surface area contributed by atoms with Gasteiger partial charge >= 0.3 is 0 Å². The van der Waals surface area contributed by atoms with Gasteiger partial charge in [-0.15, -0.1) is 0 Å². The fourth-order valence-electron chi connectivity index (χ4n) is 7.17. The predicted molar refractivity (Wildman–Crippen MR) is 94.4 cm³/mol. The van der Waals surface area contributed by atoms with Gasteiger partial charge in [-0.2, -0.15) is 0 Å². The first kappa shape index (κ1) is 17.1. The molecule has 0 aromatic carbocycles. The normalized spacial score (nSPS) is 50.1. The summed E-state index contributed by atoms with van der Waals surface area (Å²) in [7, 11) is 3.50. The largest absolute Gasteiger partial charge is 0.393 e. The number of methoxy groups -OCH3 is 2. The lowest BCUT2D eigenvalue weighted by Crippen LogP contribution is -2.55. The SMILES string of the molecule is C=C1CC[C@H]2C3CC(O)C4CC(OC)(OC)CCC4[C@H]3CCC12C. The molecule has 4 rings (SSSR count). The summed E-state index contributed by atoms with van der Waals surface area (Å²) in [5.74, 6) is 2.74. The number of rotatable bonds is 2. The third-order valence-electron chi connectivity index (χ3n) is 8.70. The topological polar surface area (TPSA) is 38.7 Å².